The highest BCUT2D eigenvalue weighted by Gasteiger charge is 2.31. The summed E-state index contributed by atoms with van der Waals surface area (Å²) in [5.74, 6) is 6.65. The topological polar surface area (TPSA) is 130 Å². The van der Waals surface area contributed by atoms with E-state index in [2.05, 4.69) is 27.5 Å². The number of ether oxygens (including phenoxy) is 2. The van der Waals surface area contributed by atoms with E-state index in [1.54, 1.807) is 42.2 Å². The van der Waals surface area contributed by atoms with E-state index < -0.39 is 18.0 Å². The molecule has 0 spiro atoms. The number of rotatable bonds is 3. The number of pyridine rings is 1. The van der Waals surface area contributed by atoms with Gasteiger partial charge in [0.2, 0.25) is 5.91 Å². The summed E-state index contributed by atoms with van der Waals surface area (Å²) in [7, 11) is 4.88. The van der Waals surface area contributed by atoms with Gasteiger partial charge in [-0.3, -0.25) is 24.6 Å². The average Bonchev–Trinajstić information content (AvgIpc) is 3.50. The first-order valence-corrected chi connectivity index (χ1v) is 11.6. The molecule has 0 bridgehead atoms. The third kappa shape index (κ3) is 5.33. The molecule has 2 unspecified atom stereocenters. The molecule has 11 nitrogen and oxygen atoms in total. The molecule has 2 N–H and O–H groups in total. The predicted octanol–water partition coefficient (Wildman–Crippen LogP) is 1.45. The summed E-state index contributed by atoms with van der Waals surface area (Å²) in [4.78, 5) is 53.9. The predicted molar refractivity (Wildman–Crippen MR) is 133 cm³/mol. The molecule has 0 saturated carbocycles. The number of carbonyl (C=O) groups is 4. The van der Waals surface area contributed by atoms with E-state index in [0.717, 1.165) is 23.3 Å². The maximum atomic E-state index is 12.0. The van der Waals surface area contributed by atoms with Crippen LogP contribution in [0.25, 0.3) is 0 Å². The number of nitrogens with zero attached hydrogens (tertiary/aromatic N) is 3. The Balaban J connectivity index is 0.000000207. The van der Waals surface area contributed by atoms with Crippen LogP contribution < -0.4 is 25.0 Å². The Morgan fingerprint density at radius 2 is 1.86 bits per heavy atom. The molecule has 192 valence electrons. The Morgan fingerprint density at radius 1 is 1.08 bits per heavy atom. The normalized spacial score (nSPS) is 19.9. The van der Waals surface area contributed by atoms with Crippen LogP contribution in [0, 0.1) is 11.8 Å². The van der Waals surface area contributed by atoms with Gasteiger partial charge < -0.3 is 19.7 Å². The standard InChI is InChI=1S/C16H16N4O4.C10H11NO2/c1-9-3-8-14(21)20(9)13-7-6-12(24-2)10(17-13)4-5-11-15(22)19-16(23)18-11;1-11-6-7-3-4-8(13-2)5-9(7)10(11)12/h6-7,9,11H,3,8H2,1-2H3,(H2,18,19,22,23);3-5H,6H2,1-2H3. The zero-order chi connectivity index (χ0) is 26.7. The van der Waals surface area contributed by atoms with Crippen LogP contribution in [0.15, 0.2) is 30.3 Å². The van der Waals surface area contributed by atoms with Gasteiger partial charge in [-0.25, -0.2) is 9.78 Å². The second kappa shape index (κ2) is 10.6. The van der Waals surface area contributed by atoms with E-state index in [0.29, 0.717) is 30.2 Å². The van der Waals surface area contributed by atoms with Crippen LogP contribution in [-0.2, 0) is 16.1 Å². The fourth-order valence-electron chi connectivity index (χ4n) is 4.22. The molecule has 2 fully saturated rings. The third-order valence-corrected chi connectivity index (χ3v) is 6.21. The summed E-state index contributed by atoms with van der Waals surface area (Å²) in [6.07, 6.45) is 1.27. The number of fused-ring (bicyclic) bond motifs is 1. The molecular weight excluding hydrogens is 478 g/mol. The van der Waals surface area contributed by atoms with E-state index in [4.69, 9.17) is 9.47 Å². The van der Waals surface area contributed by atoms with Gasteiger partial charge in [-0.1, -0.05) is 12.0 Å². The minimum Gasteiger partial charge on any atom is -0.497 e. The number of nitrogens with one attached hydrogen (secondary N) is 2. The fourth-order valence-corrected chi connectivity index (χ4v) is 4.22. The highest BCUT2D eigenvalue weighted by atomic mass is 16.5. The van der Waals surface area contributed by atoms with Gasteiger partial charge in [0.15, 0.2) is 17.5 Å². The maximum Gasteiger partial charge on any atom is 0.322 e. The number of benzene rings is 1. The van der Waals surface area contributed by atoms with Gasteiger partial charge in [0.25, 0.3) is 11.8 Å². The quantitative estimate of drug-likeness (QED) is 0.477. The van der Waals surface area contributed by atoms with Crippen LogP contribution in [-0.4, -0.2) is 67.0 Å². The lowest BCUT2D eigenvalue weighted by Crippen LogP contribution is -2.31. The lowest BCUT2D eigenvalue weighted by Gasteiger charge is -2.21. The third-order valence-electron chi connectivity index (χ3n) is 6.21. The van der Waals surface area contributed by atoms with Crippen LogP contribution in [0.4, 0.5) is 10.6 Å². The molecule has 3 aliphatic heterocycles. The molecule has 5 rings (SSSR count). The first-order valence-electron chi connectivity index (χ1n) is 11.6. The van der Waals surface area contributed by atoms with E-state index >= 15 is 0 Å². The molecular formula is C26H27N5O6. The van der Waals surface area contributed by atoms with E-state index in [9.17, 15) is 19.2 Å². The van der Waals surface area contributed by atoms with Gasteiger partial charge >= 0.3 is 6.03 Å². The smallest absolute Gasteiger partial charge is 0.322 e. The number of methoxy groups -OCH3 is 2. The lowest BCUT2D eigenvalue weighted by molar-refractivity contribution is -0.119. The molecule has 2 aromatic rings. The van der Waals surface area contributed by atoms with Crippen molar-refractivity contribution in [2.24, 2.45) is 0 Å². The summed E-state index contributed by atoms with van der Waals surface area (Å²) in [5.41, 5.74) is 2.14. The SMILES string of the molecule is COc1ccc(N2C(=O)CCC2C)nc1C#CC1NC(=O)NC1=O.COc1ccc2c(c1)C(=O)N(C)C2. The monoisotopic (exact) mass is 505 g/mol. The van der Waals surface area contributed by atoms with E-state index in [1.807, 2.05) is 19.1 Å². The summed E-state index contributed by atoms with van der Waals surface area (Å²) in [6, 6.07) is 7.55. The van der Waals surface area contributed by atoms with Crippen molar-refractivity contribution in [1.82, 2.24) is 20.5 Å². The molecule has 5 amide bonds. The van der Waals surface area contributed by atoms with Gasteiger partial charge in [-0.05, 0) is 49.1 Å². The second-order valence-electron chi connectivity index (χ2n) is 8.72. The molecule has 1 aromatic heterocycles. The zero-order valence-corrected chi connectivity index (χ0v) is 21.0. The number of imide groups is 1. The van der Waals surface area contributed by atoms with E-state index in [-0.39, 0.29) is 17.9 Å². The Hall–Kier alpha value is -4.59. The molecule has 1 aromatic carbocycles. The number of anilines is 1. The summed E-state index contributed by atoms with van der Waals surface area (Å²) in [6.45, 7) is 2.67. The minimum atomic E-state index is -0.931. The average molecular weight is 506 g/mol. The van der Waals surface area contributed by atoms with Crippen molar-refractivity contribution < 1.29 is 28.7 Å². The minimum absolute atomic E-state index is 0.0153. The van der Waals surface area contributed by atoms with Crippen molar-refractivity contribution in [3.8, 4) is 23.3 Å². The van der Waals surface area contributed by atoms with Crippen LogP contribution in [0.3, 0.4) is 0 Å². The van der Waals surface area contributed by atoms with Gasteiger partial charge in [0.1, 0.15) is 11.6 Å². The highest BCUT2D eigenvalue weighted by molar-refractivity contribution is 6.06. The summed E-state index contributed by atoms with van der Waals surface area (Å²) in [5, 5.41) is 4.49. The van der Waals surface area contributed by atoms with Crippen molar-refractivity contribution >= 4 is 29.6 Å². The van der Waals surface area contributed by atoms with Crippen molar-refractivity contribution in [2.45, 2.75) is 38.4 Å². The first kappa shape index (κ1) is 25.5. The van der Waals surface area contributed by atoms with Crippen molar-refractivity contribution in [2.75, 3.05) is 26.2 Å². The largest absolute Gasteiger partial charge is 0.497 e. The number of hydrogen-bond donors (Lipinski definition) is 2. The summed E-state index contributed by atoms with van der Waals surface area (Å²) >= 11 is 0. The van der Waals surface area contributed by atoms with Crippen LogP contribution >= 0.6 is 0 Å². The summed E-state index contributed by atoms with van der Waals surface area (Å²) < 4.78 is 10.3. The molecule has 4 heterocycles. The molecule has 3 aliphatic rings. The van der Waals surface area contributed by atoms with Gasteiger partial charge in [-0.2, -0.15) is 0 Å². The molecule has 37 heavy (non-hydrogen) atoms. The van der Waals surface area contributed by atoms with Crippen molar-refractivity contribution in [3.63, 3.8) is 0 Å². The number of hydrogen-bond acceptors (Lipinski definition) is 7. The molecule has 11 heteroatoms. The molecule has 0 aliphatic carbocycles. The van der Waals surface area contributed by atoms with E-state index in [1.165, 1.54) is 7.11 Å². The number of urea groups is 1. The van der Waals surface area contributed by atoms with Crippen LogP contribution in [0.5, 0.6) is 11.5 Å². The highest BCUT2D eigenvalue weighted by Crippen LogP contribution is 2.28. The van der Waals surface area contributed by atoms with Crippen molar-refractivity contribution in [1.29, 1.82) is 0 Å². The Labute approximate surface area is 214 Å². The first-order chi connectivity index (χ1) is 17.7. The van der Waals surface area contributed by atoms with Crippen LogP contribution in [0.1, 0.15) is 41.4 Å². The van der Waals surface area contributed by atoms with Gasteiger partial charge in [-0.15, -0.1) is 0 Å². The Bertz CT molecular complexity index is 1330. The van der Waals surface area contributed by atoms with Crippen LogP contribution in [0.2, 0.25) is 0 Å². The second-order valence-corrected chi connectivity index (χ2v) is 8.72. The molecule has 2 saturated heterocycles. The Morgan fingerprint density at radius 3 is 2.49 bits per heavy atom. The van der Waals surface area contributed by atoms with Gasteiger partial charge in [0.05, 0.1) is 14.2 Å². The maximum absolute atomic E-state index is 12.0. The van der Waals surface area contributed by atoms with Crippen molar-refractivity contribution in [3.05, 3.63) is 47.2 Å². The van der Waals surface area contributed by atoms with Gasteiger partial charge in [0, 0.05) is 31.6 Å². The zero-order valence-electron chi connectivity index (χ0n) is 21.0. The number of aromatic nitrogens is 1. The number of carbonyl (C=O) groups excluding carboxylic acids is 4. The Kier molecular flexibility index (Phi) is 7.29. The fraction of sp³-hybridized carbons (Fsp3) is 0.346. The molecule has 0 radical (unpaired) electrons. The molecule has 2 atom stereocenters. The lowest BCUT2D eigenvalue weighted by atomic mass is 10.1. The number of amides is 5.